The van der Waals surface area contributed by atoms with Crippen LogP contribution in [0.5, 0.6) is 0 Å². The molecule has 1 atom stereocenters. The SMILES string of the molecule is CC1(C(=O)NC2(c3ccc4c(n3)CCCN4c3ccnc(C(F)(F)F)n3)CC2)C=CC(F)=CC1. The zero-order chi connectivity index (χ0) is 24.1. The van der Waals surface area contributed by atoms with Gasteiger partial charge < -0.3 is 10.2 Å². The molecule has 1 N–H and O–H groups in total. The second-order valence-corrected chi connectivity index (χ2v) is 9.23. The summed E-state index contributed by atoms with van der Waals surface area (Å²) < 4.78 is 52.6. The van der Waals surface area contributed by atoms with Gasteiger partial charge in [-0.3, -0.25) is 9.78 Å². The van der Waals surface area contributed by atoms with E-state index in [2.05, 4.69) is 15.3 Å². The van der Waals surface area contributed by atoms with Crippen LogP contribution in [0.15, 0.2) is 48.5 Å². The smallest absolute Gasteiger partial charge is 0.344 e. The van der Waals surface area contributed by atoms with Crippen LogP contribution in [-0.2, 0) is 22.9 Å². The lowest BCUT2D eigenvalue weighted by molar-refractivity contribution is -0.144. The van der Waals surface area contributed by atoms with Gasteiger partial charge >= 0.3 is 6.18 Å². The van der Waals surface area contributed by atoms with E-state index in [4.69, 9.17) is 4.98 Å². The van der Waals surface area contributed by atoms with Crippen molar-refractivity contribution in [3.63, 3.8) is 0 Å². The van der Waals surface area contributed by atoms with Crippen LogP contribution in [0.4, 0.5) is 29.1 Å². The molecule has 2 aromatic rings. The minimum absolute atomic E-state index is 0.171. The summed E-state index contributed by atoms with van der Waals surface area (Å²) in [5.41, 5.74) is 0.769. The molecule has 2 aliphatic carbocycles. The maximum atomic E-state index is 13.4. The fourth-order valence-electron chi connectivity index (χ4n) is 4.40. The summed E-state index contributed by atoms with van der Waals surface area (Å²) in [6.45, 7) is 2.28. The monoisotopic (exact) mass is 473 g/mol. The van der Waals surface area contributed by atoms with E-state index >= 15 is 0 Å². The minimum atomic E-state index is -4.63. The van der Waals surface area contributed by atoms with Crippen molar-refractivity contribution in [2.24, 2.45) is 5.41 Å². The summed E-state index contributed by atoms with van der Waals surface area (Å²) in [7, 11) is 0. The van der Waals surface area contributed by atoms with Gasteiger partial charge in [0.05, 0.1) is 28.0 Å². The molecule has 0 aromatic carbocycles. The number of aromatic nitrogens is 3. The molecule has 3 heterocycles. The first-order valence-electron chi connectivity index (χ1n) is 11.2. The van der Waals surface area contributed by atoms with Crippen molar-refractivity contribution in [1.29, 1.82) is 0 Å². The van der Waals surface area contributed by atoms with Crippen LogP contribution in [0.2, 0.25) is 0 Å². The lowest BCUT2D eigenvalue weighted by Crippen LogP contribution is -2.44. The Labute approximate surface area is 193 Å². The Balaban J connectivity index is 1.39. The summed E-state index contributed by atoms with van der Waals surface area (Å²) in [5, 5.41) is 3.12. The second kappa shape index (κ2) is 7.89. The Kier molecular flexibility index (Phi) is 5.22. The molecular formula is C24H23F4N5O. The molecule has 3 aliphatic rings. The Morgan fingerprint density at radius 2 is 1.97 bits per heavy atom. The molecule has 0 spiro atoms. The van der Waals surface area contributed by atoms with Crippen molar-refractivity contribution < 1.29 is 22.4 Å². The van der Waals surface area contributed by atoms with E-state index in [0.29, 0.717) is 25.1 Å². The van der Waals surface area contributed by atoms with Gasteiger partial charge in [0, 0.05) is 12.7 Å². The standard InChI is InChI=1S/C24H23F4N5O/c1-22(9-6-15(25)7-10-22)21(34)32-23(11-12-23)18-5-4-17-16(30-18)3-2-14-33(17)19-8-13-29-20(31-19)24(26,27)28/h4-9,13H,2-3,10-12,14H2,1H3,(H,32,34). The number of amides is 1. The average molecular weight is 473 g/mol. The largest absolute Gasteiger partial charge is 0.451 e. The number of pyridine rings is 1. The normalized spacial score (nSPS) is 23.2. The summed E-state index contributed by atoms with van der Waals surface area (Å²) in [4.78, 5) is 26.6. The van der Waals surface area contributed by atoms with Crippen molar-refractivity contribution in [3.8, 4) is 0 Å². The Hall–Kier alpha value is -3.30. The molecule has 5 rings (SSSR count). The van der Waals surface area contributed by atoms with E-state index in [1.54, 1.807) is 17.9 Å². The predicted octanol–water partition coefficient (Wildman–Crippen LogP) is 4.90. The number of anilines is 2. The number of halogens is 4. The molecular weight excluding hydrogens is 450 g/mol. The molecule has 0 radical (unpaired) electrons. The van der Waals surface area contributed by atoms with Gasteiger partial charge in [-0.2, -0.15) is 13.2 Å². The number of nitrogens with zero attached hydrogens (tertiary/aromatic N) is 4. The molecule has 34 heavy (non-hydrogen) atoms. The molecule has 1 unspecified atom stereocenters. The predicted molar refractivity (Wildman–Crippen MR) is 117 cm³/mol. The van der Waals surface area contributed by atoms with Crippen LogP contribution in [0, 0.1) is 5.41 Å². The van der Waals surface area contributed by atoms with E-state index < -0.39 is 23.0 Å². The van der Waals surface area contributed by atoms with E-state index in [9.17, 15) is 22.4 Å². The van der Waals surface area contributed by atoms with Gasteiger partial charge in [0.2, 0.25) is 11.7 Å². The molecule has 1 saturated carbocycles. The second-order valence-electron chi connectivity index (χ2n) is 9.23. The molecule has 1 amide bonds. The fourth-order valence-corrected chi connectivity index (χ4v) is 4.40. The number of carbonyl (C=O) groups excluding carboxylic acids is 1. The first-order valence-corrected chi connectivity index (χ1v) is 11.2. The van der Waals surface area contributed by atoms with Crippen LogP contribution in [0.1, 0.15) is 49.8 Å². The number of allylic oxidation sites excluding steroid dienone is 3. The number of fused-ring (bicyclic) bond motifs is 1. The lowest BCUT2D eigenvalue weighted by atomic mass is 9.82. The highest BCUT2D eigenvalue weighted by Crippen LogP contribution is 2.47. The van der Waals surface area contributed by atoms with E-state index in [1.807, 2.05) is 12.1 Å². The van der Waals surface area contributed by atoms with Crippen molar-refractivity contribution in [1.82, 2.24) is 20.3 Å². The van der Waals surface area contributed by atoms with Gasteiger partial charge in [0.15, 0.2) is 0 Å². The van der Waals surface area contributed by atoms with Crippen LogP contribution < -0.4 is 10.2 Å². The lowest BCUT2D eigenvalue weighted by Gasteiger charge is -2.32. The quantitative estimate of drug-likeness (QED) is 0.640. The Morgan fingerprint density at radius 3 is 2.65 bits per heavy atom. The zero-order valence-electron chi connectivity index (χ0n) is 18.5. The van der Waals surface area contributed by atoms with Crippen LogP contribution >= 0.6 is 0 Å². The van der Waals surface area contributed by atoms with Gasteiger partial charge in [-0.1, -0.05) is 6.08 Å². The van der Waals surface area contributed by atoms with Crippen molar-refractivity contribution >= 4 is 17.4 Å². The summed E-state index contributed by atoms with van der Waals surface area (Å²) in [5.74, 6) is -1.55. The van der Waals surface area contributed by atoms with Crippen LogP contribution in [0.25, 0.3) is 0 Å². The summed E-state index contributed by atoms with van der Waals surface area (Å²) >= 11 is 0. The number of rotatable bonds is 4. The molecule has 0 bridgehead atoms. The maximum absolute atomic E-state index is 13.4. The third kappa shape index (κ3) is 4.05. The van der Waals surface area contributed by atoms with Crippen molar-refractivity contribution in [2.75, 3.05) is 11.4 Å². The molecule has 0 saturated heterocycles. The number of carbonyl (C=O) groups is 1. The zero-order valence-corrected chi connectivity index (χ0v) is 18.5. The van der Waals surface area contributed by atoms with Gasteiger partial charge in [-0.05, 0) is 69.4 Å². The third-order valence-electron chi connectivity index (χ3n) is 6.65. The van der Waals surface area contributed by atoms with Gasteiger partial charge in [-0.25, -0.2) is 14.4 Å². The Morgan fingerprint density at radius 1 is 1.18 bits per heavy atom. The number of hydrogen-bond acceptors (Lipinski definition) is 5. The van der Waals surface area contributed by atoms with Gasteiger partial charge in [0.1, 0.15) is 11.6 Å². The van der Waals surface area contributed by atoms with Crippen molar-refractivity contribution in [2.45, 2.75) is 50.7 Å². The Bertz CT molecular complexity index is 1200. The first-order chi connectivity index (χ1) is 16.1. The topological polar surface area (TPSA) is 71.0 Å². The van der Waals surface area contributed by atoms with Crippen molar-refractivity contribution in [3.05, 3.63) is 65.7 Å². The van der Waals surface area contributed by atoms with E-state index in [1.165, 1.54) is 18.2 Å². The number of hydrogen-bond donors (Lipinski definition) is 1. The highest BCUT2D eigenvalue weighted by molar-refractivity contribution is 5.86. The highest BCUT2D eigenvalue weighted by atomic mass is 19.4. The van der Waals surface area contributed by atoms with Crippen LogP contribution in [0.3, 0.4) is 0 Å². The first kappa shape index (κ1) is 22.5. The number of aryl methyl sites for hydroxylation is 1. The summed E-state index contributed by atoms with van der Waals surface area (Å²) in [6.07, 6.45) is 3.91. The van der Waals surface area contributed by atoms with Gasteiger partial charge in [-0.15, -0.1) is 0 Å². The molecule has 10 heteroatoms. The summed E-state index contributed by atoms with van der Waals surface area (Å²) in [6, 6.07) is 5.10. The average Bonchev–Trinajstić information content (AvgIpc) is 3.60. The fraction of sp³-hybridized carbons (Fsp3) is 0.417. The molecule has 1 aliphatic heterocycles. The number of alkyl halides is 3. The third-order valence-corrected chi connectivity index (χ3v) is 6.65. The van der Waals surface area contributed by atoms with Crippen LogP contribution in [-0.4, -0.2) is 27.4 Å². The van der Waals surface area contributed by atoms with E-state index in [-0.39, 0.29) is 24.0 Å². The molecule has 178 valence electrons. The maximum Gasteiger partial charge on any atom is 0.451 e. The van der Waals surface area contributed by atoms with E-state index in [0.717, 1.165) is 30.4 Å². The van der Waals surface area contributed by atoms with Gasteiger partial charge in [0.25, 0.3) is 0 Å². The molecule has 2 aromatic heterocycles. The molecule has 1 fully saturated rings. The minimum Gasteiger partial charge on any atom is -0.344 e. The molecule has 6 nitrogen and oxygen atoms in total. The highest BCUT2D eigenvalue weighted by Gasteiger charge is 2.49. The number of nitrogens with one attached hydrogen (secondary N) is 1.